The number of ether oxygens (including phenoxy) is 1. The second-order valence-electron chi connectivity index (χ2n) is 4.30. The van der Waals surface area contributed by atoms with E-state index in [2.05, 4.69) is 31.9 Å². The number of aryl methyl sites for hydroxylation is 1. The summed E-state index contributed by atoms with van der Waals surface area (Å²) in [6.45, 7) is 1.99. The Balaban J connectivity index is 2.45. The van der Waals surface area contributed by atoms with Crippen LogP contribution in [0, 0.1) is 6.92 Å². The van der Waals surface area contributed by atoms with E-state index in [1.54, 1.807) is 7.11 Å². The highest BCUT2D eigenvalue weighted by Crippen LogP contribution is 2.34. The molecule has 2 nitrogen and oxygen atoms in total. The van der Waals surface area contributed by atoms with E-state index in [4.69, 9.17) is 4.74 Å². The minimum absolute atomic E-state index is 0.691. The van der Waals surface area contributed by atoms with Crippen molar-refractivity contribution in [2.75, 3.05) is 7.11 Å². The third-order valence-electron chi connectivity index (χ3n) is 2.99. The Bertz CT molecular complexity index is 579. The molecule has 0 radical (unpaired) electrons. The number of halogens is 2. The van der Waals surface area contributed by atoms with Crippen molar-refractivity contribution < 1.29 is 9.84 Å². The molecule has 0 aliphatic carbocycles. The molecule has 0 aromatic heterocycles. The highest BCUT2D eigenvalue weighted by atomic mass is 79.9. The molecule has 1 N–H and O–H groups in total. The lowest BCUT2D eigenvalue weighted by molar-refractivity contribution is 0.214. The van der Waals surface area contributed by atoms with Crippen molar-refractivity contribution in [1.29, 1.82) is 0 Å². The van der Waals surface area contributed by atoms with Crippen LogP contribution in [0.15, 0.2) is 45.3 Å². The van der Waals surface area contributed by atoms with Crippen molar-refractivity contribution in [3.63, 3.8) is 0 Å². The summed E-state index contributed by atoms with van der Waals surface area (Å²) in [6.07, 6.45) is -0.708. The lowest BCUT2D eigenvalue weighted by atomic mass is 9.99. The van der Waals surface area contributed by atoms with Crippen LogP contribution in [-0.2, 0) is 0 Å². The number of rotatable bonds is 3. The molecule has 4 heteroatoms. The molecule has 0 bridgehead atoms. The highest BCUT2D eigenvalue weighted by Gasteiger charge is 2.17. The molecule has 0 aliphatic heterocycles. The monoisotopic (exact) mass is 384 g/mol. The zero-order valence-corrected chi connectivity index (χ0v) is 13.8. The topological polar surface area (TPSA) is 29.5 Å². The van der Waals surface area contributed by atoms with Gasteiger partial charge in [-0.05, 0) is 42.3 Å². The second-order valence-corrected chi connectivity index (χ2v) is 6.07. The fraction of sp³-hybridized carbons (Fsp3) is 0.200. The third-order valence-corrected chi connectivity index (χ3v) is 4.37. The summed E-state index contributed by atoms with van der Waals surface area (Å²) in [5, 5.41) is 10.5. The Labute approximate surface area is 129 Å². The minimum Gasteiger partial charge on any atom is -0.496 e. The van der Waals surface area contributed by atoms with Crippen LogP contribution in [0.1, 0.15) is 22.8 Å². The molecule has 1 unspecified atom stereocenters. The predicted molar refractivity (Wildman–Crippen MR) is 83.6 cm³/mol. The number of hydrogen-bond donors (Lipinski definition) is 1. The van der Waals surface area contributed by atoms with E-state index < -0.39 is 6.10 Å². The maximum Gasteiger partial charge on any atom is 0.125 e. The van der Waals surface area contributed by atoms with Gasteiger partial charge in [-0.2, -0.15) is 0 Å². The number of aliphatic hydroxyl groups is 1. The van der Waals surface area contributed by atoms with Crippen molar-refractivity contribution in [3.8, 4) is 5.75 Å². The van der Waals surface area contributed by atoms with Gasteiger partial charge in [0.1, 0.15) is 11.9 Å². The Morgan fingerprint density at radius 3 is 2.32 bits per heavy atom. The molecule has 19 heavy (non-hydrogen) atoms. The second kappa shape index (κ2) is 6.07. The summed E-state index contributed by atoms with van der Waals surface area (Å²) < 4.78 is 7.30. The summed E-state index contributed by atoms with van der Waals surface area (Å²) in [7, 11) is 1.61. The zero-order chi connectivity index (χ0) is 14.0. The van der Waals surface area contributed by atoms with Crippen LogP contribution in [-0.4, -0.2) is 12.2 Å². The van der Waals surface area contributed by atoms with E-state index in [9.17, 15) is 5.11 Å². The Morgan fingerprint density at radius 1 is 1.11 bits per heavy atom. The molecule has 100 valence electrons. The number of hydrogen-bond acceptors (Lipinski definition) is 2. The number of benzene rings is 2. The maximum atomic E-state index is 10.5. The Kier molecular flexibility index (Phi) is 4.66. The zero-order valence-electron chi connectivity index (χ0n) is 10.7. The summed E-state index contributed by atoms with van der Waals surface area (Å²) >= 11 is 6.87. The quantitative estimate of drug-likeness (QED) is 0.835. The average Bonchev–Trinajstić information content (AvgIpc) is 2.41. The van der Waals surface area contributed by atoms with E-state index in [0.29, 0.717) is 5.75 Å². The molecular formula is C15H14Br2O2. The molecule has 0 heterocycles. The summed E-state index contributed by atoms with van der Waals surface area (Å²) in [5.74, 6) is 0.691. The smallest absolute Gasteiger partial charge is 0.125 e. The molecule has 0 saturated carbocycles. The van der Waals surface area contributed by atoms with E-state index in [1.165, 1.54) is 0 Å². The molecule has 0 fully saturated rings. The van der Waals surface area contributed by atoms with Crippen LogP contribution in [0.25, 0.3) is 0 Å². The molecule has 2 rings (SSSR count). The molecule has 0 aliphatic rings. The standard InChI is InChI=1S/C15H14Br2O2/c1-9-7-14(19-2)12(8-13(9)17)15(18)10-3-5-11(16)6-4-10/h3-8,15,18H,1-2H3. The van der Waals surface area contributed by atoms with Gasteiger partial charge < -0.3 is 9.84 Å². The van der Waals surface area contributed by atoms with Crippen LogP contribution in [0.3, 0.4) is 0 Å². The highest BCUT2D eigenvalue weighted by molar-refractivity contribution is 9.10. The number of aliphatic hydroxyl groups excluding tert-OH is 1. The predicted octanol–water partition coefficient (Wildman–Crippen LogP) is 4.61. The van der Waals surface area contributed by atoms with Gasteiger partial charge in [-0.3, -0.25) is 0 Å². The molecule has 2 aromatic carbocycles. The first kappa shape index (κ1) is 14.6. The van der Waals surface area contributed by atoms with Crippen molar-refractivity contribution in [2.24, 2.45) is 0 Å². The van der Waals surface area contributed by atoms with Crippen molar-refractivity contribution >= 4 is 31.9 Å². The van der Waals surface area contributed by atoms with Crippen molar-refractivity contribution in [3.05, 3.63) is 62.0 Å². The fourth-order valence-electron chi connectivity index (χ4n) is 1.89. The van der Waals surface area contributed by atoms with Crippen LogP contribution in [0.2, 0.25) is 0 Å². The summed E-state index contributed by atoms with van der Waals surface area (Å²) in [4.78, 5) is 0. The molecule has 0 saturated heterocycles. The average molecular weight is 386 g/mol. The van der Waals surface area contributed by atoms with Gasteiger partial charge in [-0.15, -0.1) is 0 Å². The van der Waals surface area contributed by atoms with Crippen LogP contribution in [0.5, 0.6) is 5.75 Å². The number of methoxy groups -OCH3 is 1. The van der Waals surface area contributed by atoms with Crippen molar-refractivity contribution in [1.82, 2.24) is 0 Å². The molecule has 0 amide bonds. The Hall–Kier alpha value is -0.840. The lowest BCUT2D eigenvalue weighted by Crippen LogP contribution is -2.03. The lowest BCUT2D eigenvalue weighted by Gasteiger charge is -2.17. The normalized spacial score (nSPS) is 12.3. The SMILES string of the molecule is COc1cc(C)c(Br)cc1C(O)c1ccc(Br)cc1. The van der Waals surface area contributed by atoms with E-state index in [1.807, 2.05) is 43.3 Å². The van der Waals surface area contributed by atoms with E-state index in [-0.39, 0.29) is 0 Å². The van der Waals surface area contributed by atoms with Gasteiger partial charge in [0.2, 0.25) is 0 Å². The largest absolute Gasteiger partial charge is 0.496 e. The molecular weight excluding hydrogens is 372 g/mol. The van der Waals surface area contributed by atoms with Gasteiger partial charge in [-0.1, -0.05) is 44.0 Å². The third kappa shape index (κ3) is 3.19. The summed E-state index contributed by atoms with van der Waals surface area (Å²) in [6, 6.07) is 11.4. The van der Waals surface area contributed by atoms with Gasteiger partial charge in [0.25, 0.3) is 0 Å². The van der Waals surface area contributed by atoms with Gasteiger partial charge in [0.05, 0.1) is 7.11 Å². The summed E-state index contributed by atoms with van der Waals surface area (Å²) in [5.41, 5.74) is 2.66. The van der Waals surface area contributed by atoms with Gasteiger partial charge in [0.15, 0.2) is 0 Å². The fourth-order valence-corrected chi connectivity index (χ4v) is 2.51. The van der Waals surface area contributed by atoms with E-state index in [0.717, 1.165) is 25.6 Å². The van der Waals surface area contributed by atoms with Gasteiger partial charge in [0, 0.05) is 14.5 Å². The van der Waals surface area contributed by atoms with Crippen LogP contribution in [0.4, 0.5) is 0 Å². The van der Waals surface area contributed by atoms with Crippen molar-refractivity contribution in [2.45, 2.75) is 13.0 Å². The first-order chi connectivity index (χ1) is 9.02. The van der Waals surface area contributed by atoms with Crippen LogP contribution >= 0.6 is 31.9 Å². The van der Waals surface area contributed by atoms with Gasteiger partial charge in [-0.25, -0.2) is 0 Å². The molecule has 0 spiro atoms. The maximum absolute atomic E-state index is 10.5. The molecule has 2 aromatic rings. The first-order valence-electron chi connectivity index (χ1n) is 5.80. The van der Waals surface area contributed by atoms with Crippen LogP contribution < -0.4 is 4.74 Å². The molecule has 1 atom stereocenters. The van der Waals surface area contributed by atoms with Gasteiger partial charge >= 0.3 is 0 Å². The Morgan fingerprint density at radius 2 is 1.74 bits per heavy atom. The minimum atomic E-state index is -0.708. The van der Waals surface area contributed by atoms with E-state index >= 15 is 0 Å². The first-order valence-corrected chi connectivity index (χ1v) is 7.39.